The maximum Gasteiger partial charge on any atom is 0.137 e. The first-order valence-corrected chi connectivity index (χ1v) is 4.89. The predicted octanol–water partition coefficient (Wildman–Crippen LogP) is 2.28. The molecule has 66 valence electrons. The third kappa shape index (κ3) is 2.14. The van der Waals surface area contributed by atoms with Crippen molar-refractivity contribution in [2.75, 3.05) is 0 Å². The largest absolute Gasteiger partial charge is 0.299 e. The summed E-state index contributed by atoms with van der Waals surface area (Å²) in [5.41, 5.74) is 1.01. The summed E-state index contributed by atoms with van der Waals surface area (Å²) < 4.78 is 0. The lowest BCUT2D eigenvalue weighted by atomic mass is 10.2. The monoisotopic (exact) mass is 183 g/mol. The number of aromatic nitrogens is 1. The molecule has 2 nitrogen and oxygen atoms in total. The zero-order valence-corrected chi connectivity index (χ0v) is 8.49. The summed E-state index contributed by atoms with van der Waals surface area (Å²) >= 11 is 1.63. The van der Waals surface area contributed by atoms with Gasteiger partial charge in [-0.2, -0.15) is 0 Å². The van der Waals surface area contributed by atoms with Crippen molar-refractivity contribution in [3.63, 3.8) is 0 Å². The van der Waals surface area contributed by atoms with Crippen LogP contribution in [0.4, 0.5) is 0 Å². The highest BCUT2D eigenvalue weighted by molar-refractivity contribution is 7.11. The number of hydrogen-bond donors (Lipinski definition) is 0. The minimum atomic E-state index is 0.293. The number of rotatable bonds is 3. The van der Waals surface area contributed by atoms with E-state index in [2.05, 4.69) is 4.98 Å². The Kier molecular flexibility index (Phi) is 2.98. The number of nitrogens with zero attached hydrogens (tertiary/aromatic N) is 1. The molecule has 0 amide bonds. The highest BCUT2D eigenvalue weighted by Gasteiger charge is 2.07. The minimum absolute atomic E-state index is 0.293. The lowest BCUT2D eigenvalue weighted by Gasteiger charge is -1.93. The van der Waals surface area contributed by atoms with Crippen LogP contribution in [0, 0.1) is 13.8 Å². The van der Waals surface area contributed by atoms with Crippen molar-refractivity contribution in [1.82, 2.24) is 4.98 Å². The summed E-state index contributed by atoms with van der Waals surface area (Å²) in [6.07, 6.45) is 1.18. The van der Waals surface area contributed by atoms with E-state index < -0.39 is 0 Å². The molecule has 3 heteroatoms. The van der Waals surface area contributed by atoms with Gasteiger partial charge in [0.1, 0.15) is 5.78 Å². The average molecular weight is 183 g/mol. The number of hydrogen-bond acceptors (Lipinski definition) is 3. The third-order valence-corrected chi connectivity index (χ3v) is 2.82. The molecule has 0 radical (unpaired) electrons. The number of thiazole rings is 1. The fourth-order valence-corrected chi connectivity index (χ4v) is 2.01. The van der Waals surface area contributed by atoms with E-state index >= 15 is 0 Å². The van der Waals surface area contributed by atoms with Crippen LogP contribution in [0.3, 0.4) is 0 Å². The zero-order chi connectivity index (χ0) is 9.14. The van der Waals surface area contributed by atoms with Gasteiger partial charge in [0.05, 0.1) is 10.7 Å². The van der Waals surface area contributed by atoms with Crippen molar-refractivity contribution in [3.8, 4) is 0 Å². The molecule has 0 aliphatic rings. The molecular formula is C9H13NOS. The molecule has 0 spiro atoms. The van der Waals surface area contributed by atoms with E-state index in [4.69, 9.17) is 0 Å². The molecule has 0 aliphatic heterocycles. The van der Waals surface area contributed by atoms with E-state index in [1.54, 1.807) is 11.3 Å². The van der Waals surface area contributed by atoms with Crippen LogP contribution in [-0.4, -0.2) is 10.8 Å². The van der Waals surface area contributed by atoms with Gasteiger partial charge in [-0.1, -0.05) is 6.92 Å². The second-order valence-corrected chi connectivity index (χ2v) is 4.10. The number of carbonyl (C=O) groups is 1. The molecule has 0 fully saturated rings. The molecule has 1 aromatic heterocycles. The van der Waals surface area contributed by atoms with Crippen LogP contribution >= 0.6 is 11.3 Å². The third-order valence-electron chi connectivity index (χ3n) is 1.75. The second-order valence-electron chi connectivity index (χ2n) is 2.81. The smallest absolute Gasteiger partial charge is 0.137 e. The van der Waals surface area contributed by atoms with Crippen molar-refractivity contribution in [1.29, 1.82) is 0 Å². The summed E-state index contributed by atoms with van der Waals surface area (Å²) in [4.78, 5) is 16.5. The van der Waals surface area contributed by atoms with E-state index in [1.807, 2.05) is 20.8 Å². The second kappa shape index (κ2) is 3.81. The predicted molar refractivity (Wildman–Crippen MR) is 50.6 cm³/mol. The van der Waals surface area contributed by atoms with Crippen molar-refractivity contribution < 1.29 is 4.79 Å². The summed E-state index contributed by atoms with van der Waals surface area (Å²) in [5.74, 6) is 0.293. The fourth-order valence-electron chi connectivity index (χ4n) is 1.04. The molecular weight excluding hydrogens is 170 g/mol. The van der Waals surface area contributed by atoms with E-state index in [9.17, 15) is 4.79 Å². The van der Waals surface area contributed by atoms with Gasteiger partial charge in [-0.05, 0) is 13.8 Å². The number of carbonyl (C=O) groups excluding carboxylic acids is 1. The van der Waals surface area contributed by atoms with Crippen LogP contribution in [0.2, 0.25) is 0 Å². The molecule has 0 saturated carbocycles. The quantitative estimate of drug-likeness (QED) is 0.719. The fraction of sp³-hybridized carbons (Fsp3) is 0.556. The first kappa shape index (κ1) is 9.39. The van der Waals surface area contributed by atoms with E-state index in [0.717, 1.165) is 15.6 Å². The first-order chi connectivity index (χ1) is 5.63. The van der Waals surface area contributed by atoms with Crippen molar-refractivity contribution >= 4 is 17.1 Å². The van der Waals surface area contributed by atoms with Gasteiger partial charge < -0.3 is 0 Å². The SMILES string of the molecule is CCC(=O)Cc1sc(C)nc1C. The molecule has 1 rings (SSSR count). The normalized spacial score (nSPS) is 10.2. The Morgan fingerprint density at radius 3 is 2.58 bits per heavy atom. The van der Waals surface area contributed by atoms with Gasteiger partial charge in [-0.15, -0.1) is 11.3 Å². The van der Waals surface area contributed by atoms with Gasteiger partial charge in [0.2, 0.25) is 0 Å². The Labute approximate surface area is 76.6 Å². The van der Waals surface area contributed by atoms with Crippen LogP contribution in [0.25, 0.3) is 0 Å². The molecule has 12 heavy (non-hydrogen) atoms. The molecule has 1 heterocycles. The lowest BCUT2D eigenvalue weighted by molar-refractivity contribution is -0.118. The molecule has 0 unspecified atom stereocenters. The molecule has 0 saturated heterocycles. The van der Waals surface area contributed by atoms with Crippen molar-refractivity contribution in [2.45, 2.75) is 33.6 Å². The molecule has 1 aromatic rings. The molecule has 0 N–H and O–H groups in total. The average Bonchev–Trinajstić information content (AvgIpc) is 2.30. The highest BCUT2D eigenvalue weighted by Crippen LogP contribution is 2.17. The van der Waals surface area contributed by atoms with Crippen LogP contribution in [0.1, 0.15) is 28.9 Å². The van der Waals surface area contributed by atoms with Crippen LogP contribution in [0.5, 0.6) is 0 Å². The van der Waals surface area contributed by atoms with Crippen molar-refractivity contribution in [3.05, 3.63) is 15.6 Å². The standard InChI is InChI=1S/C9H13NOS/c1-4-8(11)5-9-6(2)10-7(3)12-9/h4-5H2,1-3H3. The maximum absolute atomic E-state index is 11.1. The molecule has 0 atom stereocenters. The van der Waals surface area contributed by atoms with Crippen molar-refractivity contribution in [2.24, 2.45) is 0 Å². The number of Topliss-reactive ketones (excluding diaryl/α,β-unsaturated/α-hetero) is 1. The molecule has 0 aliphatic carbocycles. The van der Waals surface area contributed by atoms with E-state index in [0.29, 0.717) is 18.6 Å². The van der Waals surface area contributed by atoms with Gasteiger partial charge >= 0.3 is 0 Å². The highest BCUT2D eigenvalue weighted by atomic mass is 32.1. The minimum Gasteiger partial charge on any atom is -0.299 e. The number of ketones is 1. The van der Waals surface area contributed by atoms with Crippen LogP contribution in [-0.2, 0) is 11.2 Å². The van der Waals surface area contributed by atoms with Gasteiger partial charge in [0.25, 0.3) is 0 Å². The Bertz CT molecular complexity index is 291. The first-order valence-electron chi connectivity index (χ1n) is 4.08. The van der Waals surface area contributed by atoms with E-state index in [-0.39, 0.29) is 0 Å². The molecule has 0 aromatic carbocycles. The summed E-state index contributed by atoms with van der Waals surface area (Å²) in [6, 6.07) is 0. The summed E-state index contributed by atoms with van der Waals surface area (Å²) in [6.45, 7) is 5.82. The summed E-state index contributed by atoms with van der Waals surface area (Å²) in [5, 5.41) is 1.05. The maximum atomic E-state index is 11.1. The Morgan fingerprint density at radius 1 is 1.50 bits per heavy atom. The summed E-state index contributed by atoms with van der Waals surface area (Å²) in [7, 11) is 0. The Morgan fingerprint density at radius 2 is 2.17 bits per heavy atom. The number of aryl methyl sites for hydroxylation is 2. The Balaban J connectivity index is 2.75. The van der Waals surface area contributed by atoms with Gasteiger partial charge in [0, 0.05) is 17.7 Å². The topological polar surface area (TPSA) is 30.0 Å². The van der Waals surface area contributed by atoms with Crippen LogP contribution in [0.15, 0.2) is 0 Å². The molecule has 0 bridgehead atoms. The Hall–Kier alpha value is -0.700. The van der Waals surface area contributed by atoms with Crippen LogP contribution < -0.4 is 0 Å². The lowest BCUT2D eigenvalue weighted by Crippen LogP contribution is -1.99. The van der Waals surface area contributed by atoms with Gasteiger partial charge in [0.15, 0.2) is 0 Å². The zero-order valence-electron chi connectivity index (χ0n) is 7.68. The van der Waals surface area contributed by atoms with Gasteiger partial charge in [-0.3, -0.25) is 4.79 Å². The van der Waals surface area contributed by atoms with E-state index in [1.165, 1.54) is 0 Å². The van der Waals surface area contributed by atoms with Gasteiger partial charge in [-0.25, -0.2) is 4.98 Å².